The predicted molar refractivity (Wildman–Crippen MR) is 127 cm³/mol. The zero-order valence-corrected chi connectivity index (χ0v) is 18.4. The molecule has 0 radical (unpaired) electrons. The molecule has 2 N–H and O–H groups in total. The van der Waals surface area contributed by atoms with Crippen LogP contribution in [0.3, 0.4) is 0 Å². The lowest BCUT2D eigenvalue weighted by molar-refractivity contribution is 0.586. The van der Waals surface area contributed by atoms with Crippen LogP contribution in [0.15, 0.2) is 48.9 Å². The quantitative estimate of drug-likeness (QED) is 0.458. The maximum Gasteiger partial charge on any atom is 0.165 e. The van der Waals surface area contributed by atoms with Gasteiger partial charge in [-0.2, -0.15) is 0 Å². The molecule has 0 bridgehead atoms. The highest BCUT2D eigenvalue weighted by Gasteiger charge is 2.29. The highest BCUT2D eigenvalue weighted by molar-refractivity contribution is 5.94. The highest BCUT2D eigenvalue weighted by atomic mass is 19.1. The van der Waals surface area contributed by atoms with Gasteiger partial charge < -0.3 is 15.5 Å². The van der Waals surface area contributed by atoms with E-state index in [0.717, 1.165) is 56.4 Å². The summed E-state index contributed by atoms with van der Waals surface area (Å²) in [5, 5.41) is 7.48. The van der Waals surface area contributed by atoms with Crippen molar-refractivity contribution in [2.75, 3.05) is 36.4 Å². The molecule has 0 amide bonds. The van der Waals surface area contributed by atoms with Gasteiger partial charge in [-0.3, -0.25) is 4.98 Å². The monoisotopic (exact) mass is 459 g/mol. The van der Waals surface area contributed by atoms with Crippen molar-refractivity contribution in [3.8, 4) is 11.4 Å². The maximum absolute atomic E-state index is 15.0. The van der Waals surface area contributed by atoms with Crippen molar-refractivity contribution in [2.24, 2.45) is 0 Å². The highest BCUT2D eigenvalue weighted by Crippen LogP contribution is 2.45. The van der Waals surface area contributed by atoms with Crippen LogP contribution >= 0.6 is 0 Å². The third-order valence-corrected chi connectivity index (χ3v) is 6.26. The van der Waals surface area contributed by atoms with Gasteiger partial charge >= 0.3 is 0 Å². The van der Waals surface area contributed by atoms with Gasteiger partial charge in [-0.05, 0) is 54.7 Å². The number of fused-ring (bicyclic) bond motifs is 1. The van der Waals surface area contributed by atoms with Gasteiger partial charge in [0.05, 0.1) is 23.5 Å². The molecule has 1 aromatic carbocycles. The van der Waals surface area contributed by atoms with Crippen molar-refractivity contribution in [1.29, 1.82) is 0 Å². The molecule has 1 aliphatic carbocycles. The molecule has 6 rings (SSSR count). The lowest BCUT2D eigenvalue weighted by Gasteiger charge is -2.30. The number of hydrogen-bond donors (Lipinski definition) is 2. The molecule has 3 aromatic heterocycles. The Morgan fingerprint density at radius 2 is 1.76 bits per heavy atom. The molecule has 0 spiro atoms. The first-order chi connectivity index (χ1) is 16.7. The number of piperazine rings is 1. The van der Waals surface area contributed by atoms with Gasteiger partial charge in [0.1, 0.15) is 17.5 Å². The van der Waals surface area contributed by atoms with Gasteiger partial charge in [0.25, 0.3) is 0 Å². The minimum absolute atomic E-state index is 0.245. The molecule has 0 atom stereocenters. The molecule has 1 saturated carbocycles. The molecule has 9 heteroatoms. The molecule has 4 aromatic rings. The summed E-state index contributed by atoms with van der Waals surface area (Å²) < 4.78 is 28.2. The lowest BCUT2D eigenvalue weighted by atomic mass is 10.1. The molecule has 172 valence electrons. The molecule has 34 heavy (non-hydrogen) atoms. The molecular weight excluding hydrogens is 436 g/mol. The number of nitrogens with one attached hydrogen (secondary N) is 2. The summed E-state index contributed by atoms with van der Waals surface area (Å²) in [5.41, 5.74) is 2.78. The van der Waals surface area contributed by atoms with Crippen LogP contribution in [-0.2, 0) is 0 Å². The summed E-state index contributed by atoms with van der Waals surface area (Å²) in [5.74, 6) is 1.17. The Labute approximate surface area is 195 Å². The molecule has 2 fully saturated rings. The number of benzene rings is 1. The number of nitrogens with zero attached hydrogens (tertiary/aromatic N) is 5. The van der Waals surface area contributed by atoms with E-state index >= 15 is 0 Å². The SMILES string of the molecule is Fc1ccc(Nc2cc(-c3nc(N4CCNCC4)c4c(C5CC5)cncc4n3)c(F)cn2)cc1. The van der Waals surface area contributed by atoms with Crippen molar-refractivity contribution in [2.45, 2.75) is 18.8 Å². The van der Waals surface area contributed by atoms with Crippen LogP contribution in [0.2, 0.25) is 0 Å². The Hall–Kier alpha value is -3.72. The van der Waals surface area contributed by atoms with E-state index in [-0.39, 0.29) is 17.2 Å². The van der Waals surface area contributed by atoms with Crippen molar-refractivity contribution in [3.63, 3.8) is 0 Å². The number of anilines is 3. The van der Waals surface area contributed by atoms with Gasteiger partial charge in [0.15, 0.2) is 11.6 Å². The summed E-state index contributed by atoms with van der Waals surface area (Å²) in [6.07, 6.45) is 7.08. The summed E-state index contributed by atoms with van der Waals surface area (Å²) in [7, 11) is 0. The second kappa shape index (κ2) is 8.57. The zero-order chi connectivity index (χ0) is 23.1. The van der Waals surface area contributed by atoms with E-state index in [1.165, 1.54) is 17.7 Å². The van der Waals surface area contributed by atoms with Crippen molar-refractivity contribution < 1.29 is 8.78 Å². The fourth-order valence-corrected chi connectivity index (χ4v) is 4.38. The third kappa shape index (κ3) is 4.03. The summed E-state index contributed by atoms with van der Waals surface area (Å²) in [6.45, 7) is 3.35. The molecule has 1 saturated heterocycles. The fourth-order valence-electron chi connectivity index (χ4n) is 4.38. The van der Waals surface area contributed by atoms with Crippen LogP contribution < -0.4 is 15.5 Å². The van der Waals surface area contributed by atoms with E-state index in [1.54, 1.807) is 24.4 Å². The van der Waals surface area contributed by atoms with E-state index in [0.29, 0.717) is 22.9 Å². The van der Waals surface area contributed by atoms with Crippen LogP contribution in [-0.4, -0.2) is 46.1 Å². The first kappa shape index (κ1) is 20.9. The molecule has 1 aliphatic heterocycles. The third-order valence-electron chi connectivity index (χ3n) is 6.26. The van der Waals surface area contributed by atoms with Gasteiger partial charge in [-0.15, -0.1) is 0 Å². The van der Waals surface area contributed by atoms with Crippen LogP contribution in [0, 0.1) is 11.6 Å². The summed E-state index contributed by atoms with van der Waals surface area (Å²) in [6, 6.07) is 7.48. The van der Waals surface area contributed by atoms with Crippen LogP contribution in [0.5, 0.6) is 0 Å². The standard InChI is InChI=1S/C25H23F2N7/c26-16-3-5-17(6-4-16)31-22-11-18(20(27)13-30-22)24-32-21-14-29-12-19(15-1-2-15)23(21)25(33-24)34-9-7-28-8-10-34/h3-6,11-15,28H,1-2,7-10H2,(H,30,31). The minimum atomic E-state index is -0.512. The van der Waals surface area contributed by atoms with Gasteiger partial charge in [0.2, 0.25) is 0 Å². The minimum Gasteiger partial charge on any atom is -0.353 e. The normalized spacial score (nSPS) is 16.1. The Morgan fingerprint density at radius 1 is 0.971 bits per heavy atom. The van der Waals surface area contributed by atoms with Crippen LogP contribution in [0.25, 0.3) is 22.3 Å². The Kier molecular flexibility index (Phi) is 5.26. The van der Waals surface area contributed by atoms with E-state index in [1.807, 2.05) is 6.20 Å². The van der Waals surface area contributed by atoms with Crippen LogP contribution in [0.4, 0.5) is 26.1 Å². The topological polar surface area (TPSA) is 78.9 Å². The number of pyridine rings is 2. The number of rotatable bonds is 5. The number of aromatic nitrogens is 4. The van der Waals surface area contributed by atoms with E-state index in [9.17, 15) is 8.78 Å². The first-order valence-corrected chi connectivity index (χ1v) is 11.5. The van der Waals surface area contributed by atoms with E-state index in [2.05, 4.69) is 25.5 Å². The molecule has 0 unspecified atom stereocenters. The molecule has 2 aliphatic rings. The average Bonchev–Trinajstić information content (AvgIpc) is 3.72. The summed E-state index contributed by atoms with van der Waals surface area (Å²) >= 11 is 0. The van der Waals surface area contributed by atoms with Crippen molar-refractivity contribution >= 4 is 28.2 Å². The number of halogens is 2. The van der Waals surface area contributed by atoms with Crippen molar-refractivity contribution in [3.05, 3.63) is 66.1 Å². The molecular formula is C25H23F2N7. The molecule has 7 nitrogen and oxygen atoms in total. The van der Waals surface area contributed by atoms with Crippen LogP contribution in [0.1, 0.15) is 24.3 Å². The second-order valence-electron chi connectivity index (χ2n) is 8.69. The average molecular weight is 460 g/mol. The van der Waals surface area contributed by atoms with Gasteiger partial charge in [-0.1, -0.05) is 0 Å². The zero-order valence-electron chi connectivity index (χ0n) is 18.4. The van der Waals surface area contributed by atoms with E-state index < -0.39 is 5.82 Å². The first-order valence-electron chi connectivity index (χ1n) is 11.5. The second-order valence-corrected chi connectivity index (χ2v) is 8.69. The number of hydrogen-bond acceptors (Lipinski definition) is 7. The van der Waals surface area contributed by atoms with Gasteiger partial charge in [0, 0.05) is 43.4 Å². The Morgan fingerprint density at radius 3 is 2.53 bits per heavy atom. The largest absolute Gasteiger partial charge is 0.353 e. The Balaban J connectivity index is 1.46. The lowest BCUT2D eigenvalue weighted by Crippen LogP contribution is -2.44. The molecule has 4 heterocycles. The Bertz CT molecular complexity index is 1350. The van der Waals surface area contributed by atoms with Gasteiger partial charge in [-0.25, -0.2) is 23.7 Å². The van der Waals surface area contributed by atoms with Crippen molar-refractivity contribution in [1.82, 2.24) is 25.3 Å². The predicted octanol–water partition coefficient (Wildman–Crippen LogP) is 4.40. The maximum atomic E-state index is 15.0. The van der Waals surface area contributed by atoms with E-state index in [4.69, 9.17) is 9.97 Å². The fraction of sp³-hybridized carbons (Fsp3) is 0.280. The smallest absolute Gasteiger partial charge is 0.165 e. The summed E-state index contributed by atoms with van der Waals surface area (Å²) in [4.78, 5) is 20.4.